The Kier molecular flexibility index (Phi) is 4.99. The molecule has 0 amide bonds. The average Bonchev–Trinajstić information content (AvgIpc) is 2.68. The van der Waals surface area contributed by atoms with Crippen LogP contribution in [-0.2, 0) is 0 Å². The first-order valence-corrected chi connectivity index (χ1v) is 10.2. The van der Waals surface area contributed by atoms with Crippen LogP contribution in [0.2, 0.25) is 20.1 Å². The quantitative estimate of drug-likeness (QED) is 0.290. The lowest BCUT2D eigenvalue weighted by Crippen LogP contribution is -2.09. The second-order valence-corrected chi connectivity index (χ2v) is 8.53. The number of phenolic OH excluding ortho intramolecular Hbond substituents is 1. The number of hydrogen-bond acceptors (Lipinski definition) is 3. The van der Waals surface area contributed by atoms with Crippen molar-refractivity contribution in [2.75, 3.05) is 0 Å². The molecule has 2 aromatic carbocycles. The fourth-order valence-electron chi connectivity index (χ4n) is 3.60. The summed E-state index contributed by atoms with van der Waals surface area (Å²) in [7, 11) is 0. The molecule has 0 bridgehead atoms. The molecule has 0 saturated carbocycles. The number of hydrogen-bond donors (Lipinski definition) is 1. The van der Waals surface area contributed by atoms with Crippen molar-refractivity contribution in [2.24, 2.45) is 0 Å². The number of halogens is 4. The summed E-state index contributed by atoms with van der Waals surface area (Å²) in [6.45, 7) is 5.20. The van der Waals surface area contributed by atoms with Crippen molar-refractivity contribution in [3.05, 3.63) is 71.3 Å². The van der Waals surface area contributed by atoms with E-state index < -0.39 is 0 Å². The SMILES string of the molecule is Cc1c(Cl)ccc(Cl)c1-c1c2cc(Cl)c(=O)c(C)c-2oc2c(C)c(O)c(Cl)cc12. The van der Waals surface area contributed by atoms with Crippen LogP contribution in [0.1, 0.15) is 16.7 Å². The fraction of sp³-hybridized carbons (Fsp3) is 0.136. The fourth-order valence-corrected chi connectivity index (χ4v) is 4.56. The molecule has 0 saturated heterocycles. The van der Waals surface area contributed by atoms with E-state index in [1.807, 2.05) is 6.92 Å². The van der Waals surface area contributed by atoms with Crippen LogP contribution in [0, 0.1) is 20.8 Å². The van der Waals surface area contributed by atoms with Crippen molar-refractivity contribution < 1.29 is 9.52 Å². The molecule has 1 aliphatic carbocycles. The van der Waals surface area contributed by atoms with Crippen molar-refractivity contribution in [1.82, 2.24) is 0 Å². The van der Waals surface area contributed by atoms with E-state index in [0.29, 0.717) is 54.6 Å². The number of fused-ring (bicyclic) bond motifs is 2. The Morgan fingerprint density at radius 1 is 0.793 bits per heavy atom. The molecule has 7 heteroatoms. The van der Waals surface area contributed by atoms with Gasteiger partial charge in [0.1, 0.15) is 17.1 Å². The molecule has 0 fully saturated rings. The van der Waals surface area contributed by atoms with Gasteiger partial charge >= 0.3 is 0 Å². The van der Waals surface area contributed by atoms with E-state index in [2.05, 4.69) is 0 Å². The molecule has 3 nitrogen and oxygen atoms in total. The molecule has 2 aliphatic rings. The summed E-state index contributed by atoms with van der Waals surface area (Å²) in [6.07, 6.45) is 0. The smallest absolute Gasteiger partial charge is 0.203 e. The molecule has 0 atom stereocenters. The maximum Gasteiger partial charge on any atom is 0.203 e. The topological polar surface area (TPSA) is 50.4 Å². The van der Waals surface area contributed by atoms with Gasteiger partial charge in [-0.25, -0.2) is 0 Å². The van der Waals surface area contributed by atoms with Gasteiger partial charge in [-0.1, -0.05) is 46.4 Å². The molecular weight excluding hydrogens is 454 g/mol. The number of phenols is 1. The predicted octanol–water partition coefficient (Wildman–Crippen LogP) is 7.81. The zero-order chi connectivity index (χ0) is 21.2. The number of benzene rings is 3. The third kappa shape index (κ3) is 3.00. The van der Waals surface area contributed by atoms with Crippen LogP contribution in [-0.4, -0.2) is 5.11 Å². The van der Waals surface area contributed by atoms with Gasteiger partial charge < -0.3 is 9.52 Å². The molecule has 0 radical (unpaired) electrons. The highest BCUT2D eigenvalue weighted by Gasteiger charge is 2.26. The molecule has 0 unspecified atom stereocenters. The first-order valence-electron chi connectivity index (χ1n) is 8.66. The Morgan fingerprint density at radius 3 is 2.14 bits per heavy atom. The Hall–Kier alpha value is -1.91. The van der Waals surface area contributed by atoms with E-state index in [1.54, 1.807) is 38.1 Å². The van der Waals surface area contributed by atoms with Crippen LogP contribution in [0.25, 0.3) is 33.4 Å². The minimum Gasteiger partial charge on any atom is -0.506 e. The maximum absolute atomic E-state index is 12.5. The van der Waals surface area contributed by atoms with Gasteiger partial charge in [0.2, 0.25) is 5.43 Å². The van der Waals surface area contributed by atoms with Crippen LogP contribution < -0.4 is 5.43 Å². The summed E-state index contributed by atoms with van der Waals surface area (Å²) in [5.74, 6) is 0.276. The van der Waals surface area contributed by atoms with Gasteiger partial charge in [-0.05, 0) is 50.6 Å². The molecular formula is C22H14Cl4O3. The van der Waals surface area contributed by atoms with Gasteiger partial charge in [0.05, 0.1) is 10.0 Å². The molecule has 0 spiro atoms. The monoisotopic (exact) mass is 466 g/mol. The summed E-state index contributed by atoms with van der Waals surface area (Å²) >= 11 is 25.5. The van der Waals surface area contributed by atoms with E-state index in [9.17, 15) is 9.90 Å². The normalized spacial score (nSPS) is 11.6. The largest absolute Gasteiger partial charge is 0.506 e. The molecule has 4 rings (SSSR count). The van der Waals surface area contributed by atoms with Gasteiger partial charge in [-0.15, -0.1) is 0 Å². The lowest BCUT2D eigenvalue weighted by Gasteiger charge is -2.21. The Labute approximate surface area is 186 Å². The van der Waals surface area contributed by atoms with E-state index in [1.165, 1.54) is 0 Å². The maximum atomic E-state index is 12.5. The third-order valence-corrected chi connectivity index (χ3v) is 6.49. The minimum absolute atomic E-state index is 0.0724. The van der Waals surface area contributed by atoms with Crippen LogP contribution in [0.3, 0.4) is 0 Å². The summed E-state index contributed by atoms with van der Waals surface area (Å²) in [6, 6.07) is 6.61. The predicted molar refractivity (Wildman–Crippen MR) is 120 cm³/mol. The number of aryl methyl sites for hydroxylation is 1. The first kappa shape index (κ1) is 20.4. The van der Waals surface area contributed by atoms with Crippen molar-refractivity contribution in [3.8, 4) is 28.2 Å². The van der Waals surface area contributed by atoms with Gasteiger partial charge in [-0.2, -0.15) is 0 Å². The van der Waals surface area contributed by atoms with Gasteiger partial charge in [0.15, 0.2) is 0 Å². The zero-order valence-electron chi connectivity index (χ0n) is 15.6. The summed E-state index contributed by atoms with van der Waals surface area (Å²) < 4.78 is 6.10. The van der Waals surface area contributed by atoms with Crippen molar-refractivity contribution in [1.29, 1.82) is 0 Å². The van der Waals surface area contributed by atoms with Gasteiger partial charge in [0.25, 0.3) is 0 Å². The summed E-state index contributed by atoms with van der Waals surface area (Å²) in [4.78, 5) is 12.5. The average molecular weight is 468 g/mol. The highest BCUT2D eigenvalue weighted by atomic mass is 35.5. The minimum atomic E-state index is -0.321. The lowest BCUT2D eigenvalue weighted by molar-refractivity contribution is 0.470. The molecule has 2 aromatic rings. The highest BCUT2D eigenvalue weighted by molar-refractivity contribution is 6.37. The second-order valence-electron chi connectivity index (χ2n) is 6.90. The lowest BCUT2D eigenvalue weighted by atomic mass is 9.89. The van der Waals surface area contributed by atoms with Crippen molar-refractivity contribution in [2.45, 2.75) is 20.8 Å². The first-order chi connectivity index (χ1) is 13.6. The van der Waals surface area contributed by atoms with E-state index in [0.717, 1.165) is 5.56 Å². The Balaban J connectivity index is 2.38. The molecule has 1 heterocycles. The number of aromatic hydroxyl groups is 1. The summed E-state index contributed by atoms with van der Waals surface area (Å²) in [5, 5.41) is 12.2. The van der Waals surface area contributed by atoms with Gasteiger partial charge in [-0.3, -0.25) is 4.79 Å². The van der Waals surface area contributed by atoms with Crippen LogP contribution >= 0.6 is 46.4 Å². The van der Waals surface area contributed by atoms with E-state index in [4.69, 9.17) is 50.8 Å². The molecule has 1 N–H and O–H groups in total. The highest BCUT2D eigenvalue weighted by Crippen LogP contribution is 2.49. The Bertz CT molecular complexity index is 1360. The van der Waals surface area contributed by atoms with Crippen LogP contribution in [0.15, 0.2) is 33.5 Å². The standard InChI is InChI=1S/C22H14Cl4O3/c1-8-13(23)4-5-14(24)17(8)18-11-6-15(25)19(27)9(2)21(11)29-22-10(3)20(28)16(26)7-12(18)22/h4-7,27H,1-3H3. The van der Waals surface area contributed by atoms with Crippen molar-refractivity contribution in [3.63, 3.8) is 0 Å². The second kappa shape index (κ2) is 7.10. The van der Waals surface area contributed by atoms with E-state index in [-0.39, 0.29) is 21.2 Å². The van der Waals surface area contributed by atoms with Crippen LogP contribution in [0.5, 0.6) is 5.75 Å². The zero-order valence-corrected chi connectivity index (χ0v) is 18.6. The molecule has 29 heavy (non-hydrogen) atoms. The molecule has 0 aromatic heterocycles. The molecule has 1 aliphatic heterocycles. The third-order valence-electron chi connectivity index (χ3n) is 5.19. The summed E-state index contributed by atoms with van der Waals surface area (Å²) in [5.41, 5.74) is 3.62. The Morgan fingerprint density at radius 2 is 1.45 bits per heavy atom. The van der Waals surface area contributed by atoms with Crippen molar-refractivity contribution >= 4 is 57.4 Å². The van der Waals surface area contributed by atoms with E-state index >= 15 is 0 Å². The van der Waals surface area contributed by atoms with Crippen LogP contribution in [0.4, 0.5) is 0 Å². The molecule has 148 valence electrons. The number of rotatable bonds is 1. The van der Waals surface area contributed by atoms with Gasteiger partial charge in [0, 0.05) is 43.2 Å².